The van der Waals surface area contributed by atoms with Crippen LogP contribution < -0.4 is 10.2 Å². The van der Waals surface area contributed by atoms with Crippen molar-refractivity contribution in [2.24, 2.45) is 5.92 Å². The topological polar surface area (TPSA) is 24.5 Å². The summed E-state index contributed by atoms with van der Waals surface area (Å²) in [5.74, 6) is 0.641. The van der Waals surface area contributed by atoms with Gasteiger partial charge in [0.05, 0.1) is 6.61 Å². The zero-order valence-corrected chi connectivity index (χ0v) is 12.4. The first-order valence-corrected chi connectivity index (χ1v) is 7.43. The Bertz CT molecular complexity index is 367. The van der Waals surface area contributed by atoms with Crippen LogP contribution in [-0.2, 0) is 4.74 Å². The third-order valence-corrected chi connectivity index (χ3v) is 4.06. The lowest BCUT2D eigenvalue weighted by Gasteiger charge is -2.23. The first kappa shape index (κ1) is 14.2. The van der Waals surface area contributed by atoms with Gasteiger partial charge in [0.25, 0.3) is 0 Å². The Morgan fingerprint density at radius 3 is 2.47 bits per heavy atom. The normalized spacial score (nSPS) is 20.3. The maximum absolute atomic E-state index is 5.45. The molecule has 0 bridgehead atoms. The van der Waals surface area contributed by atoms with Gasteiger partial charge in [-0.3, -0.25) is 0 Å². The monoisotopic (exact) mass is 262 g/mol. The zero-order chi connectivity index (χ0) is 13.7. The number of ether oxygens (including phenoxy) is 1. The van der Waals surface area contributed by atoms with Gasteiger partial charge in [-0.2, -0.15) is 0 Å². The molecule has 1 aliphatic rings. The van der Waals surface area contributed by atoms with E-state index in [0.29, 0.717) is 12.0 Å². The van der Waals surface area contributed by atoms with Crippen molar-refractivity contribution in [3.63, 3.8) is 0 Å². The van der Waals surface area contributed by atoms with Crippen molar-refractivity contribution >= 4 is 11.4 Å². The fourth-order valence-electron chi connectivity index (χ4n) is 2.69. The number of rotatable bonds is 6. The van der Waals surface area contributed by atoms with E-state index in [9.17, 15) is 0 Å². The minimum atomic E-state index is 0.474. The van der Waals surface area contributed by atoms with Crippen molar-refractivity contribution in [1.29, 1.82) is 0 Å². The second-order valence-corrected chi connectivity index (χ2v) is 5.28. The second-order valence-electron chi connectivity index (χ2n) is 5.28. The average molecular weight is 262 g/mol. The summed E-state index contributed by atoms with van der Waals surface area (Å²) >= 11 is 0. The van der Waals surface area contributed by atoms with Gasteiger partial charge >= 0.3 is 0 Å². The molecule has 1 heterocycles. The number of nitrogens with zero attached hydrogens (tertiary/aromatic N) is 1. The molecule has 1 N–H and O–H groups in total. The van der Waals surface area contributed by atoms with E-state index in [1.54, 1.807) is 0 Å². The van der Waals surface area contributed by atoms with Crippen LogP contribution in [0.4, 0.5) is 11.4 Å². The van der Waals surface area contributed by atoms with E-state index < -0.39 is 0 Å². The number of benzene rings is 1. The maximum Gasteiger partial charge on any atom is 0.0514 e. The molecule has 19 heavy (non-hydrogen) atoms. The van der Waals surface area contributed by atoms with Gasteiger partial charge in [0.2, 0.25) is 0 Å². The second kappa shape index (κ2) is 6.80. The van der Waals surface area contributed by atoms with Gasteiger partial charge in [0.1, 0.15) is 0 Å². The SMILES string of the molecule is CCN(CC)c1ccc(NC(C)C2CCOC2)cc1. The van der Waals surface area contributed by atoms with Crippen molar-refractivity contribution in [2.75, 3.05) is 36.5 Å². The Hall–Kier alpha value is -1.22. The molecule has 2 atom stereocenters. The van der Waals surface area contributed by atoms with Crippen LogP contribution in [-0.4, -0.2) is 32.3 Å². The Morgan fingerprint density at radius 1 is 1.26 bits per heavy atom. The van der Waals surface area contributed by atoms with Crippen LogP contribution in [0.25, 0.3) is 0 Å². The third-order valence-electron chi connectivity index (χ3n) is 4.06. The molecule has 2 unspecified atom stereocenters. The molecular weight excluding hydrogens is 236 g/mol. The van der Waals surface area contributed by atoms with Crippen molar-refractivity contribution in [2.45, 2.75) is 33.2 Å². The minimum Gasteiger partial charge on any atom is -0.382 e. The number of hydrogen-bond acceptors (Lipinski definition) is 3. The highest BCUT2D eigenvalue weighted by Gasteiger charge is 2.21. The van der Waals surface area contributed by atoms with Gasteiger partial charge in [0.15, 0.2) is 0 Å². The maximum atomic E-state index is 5.45. The highest BCUT2D eigenvalue weighted by molar-refractivity contribution is 5.55. The van der Waals surface area contributed by atoms with Crippen molar-refractivity contribution in [3.8, 4) is 0 Å². The van der Waals surface area contributed by atoms with Gasteiger partial charge in [0, 0.05) is 43.0 Å². The van der Waals surface area contributed by atoms with Gasteiger partial charge in [-0.05, 0) is 51.5 Å². The van der Waals surface area contributed by atoms with Crippen LogP contribution in [0, 0.1) is 5.92 Å². The first-order valence-electron chi connectivity index (χ1n) is 7.43. The van der Waals surface area contributed by atoms with E-state index in [4.69, 9.17) is 4.74 Å². The zero-order valence-electron chi connectivity index (χ0n) is 12.4. The van der Waals surface area contributed by atoms with E-state index in [0.717, 1.165) is 26.3 Å². The van der Waals surface area contributed by atoms with Gasteiger partial charge < -0.3 is 15.0 Å². The Kier molecular flexibility index (Phi) is 5.08. The highest BCUT2D eigenvalue weighted by Crippen LogP contribution is 2.22. The Morgan fingerprint density at radius 2 is 1.95 bits per heavy atom. The molecule has 0 radical (unpaired) electrons. The molecule has 3 nitrogen and oxygen atoms in total. The van der Waals surface area contributed by atoms with Crippen LogP contribution in [0.1, 0.15) is 27.2 Å². The summed E-state index contributed by atoms with van der Waals surface area (Å²) in [7, 11) is 0. The largest absolute Gasteiger partial charge is 0.382 e. The average Bonchev–Trinajstić information content (AvgIpc) is 2.96. The van der Waals surface area contributed by atoms with E-state index in [2.05, 4.69) is 55.3 Å². The lowest BCUT2D eigenvalue weighted by atomic mass is 10.0. The molecule has 1 fully saturated rings. The standard InChI is InChI=1S/C16H26N2O/c1-4-18(5-2)16-8-6-15(7-9-16)17-13(3)14-10-11-19-12-14/h6-9,13-14,17H,4-5,10-12H2,1-3H3. The summed E-state index contributed by atoms with van der Waals surface area (Å²) in [6.45, 7) is 10.6. The van der Waals surface area contributed by atoms with E-state index in [-0.39, 0.29) is 0 Å². The summed E-state index contributed by atoms with van der Waals surface area (Å²) in [6.07, 6.45) is 1.17. The Balaban J connectivity index is 1.94. The van der Waals surface area contributed by atoms with Crippen LogP contribution >= 0.6 is 0 Å². The van der Waals surface area contributed by atoms with E-state index in [1.165, 1.54) is 17.8 Å². The van der Waals surface area contributed by atoms with E-state index >= 15 is 0 Å². The summed E-state index contributed by atoms with van der Waals surface area (Å²) < 4.78 is 5.45. The molecule has 0 aromatic heterocycles. The van der Waals surface area contributed by atoms with Gasteiger partial charge in [-0.25, -0.2) is 0 Å². The molecule has 106 valence electrons. The minimum absolute atomic E-state index is 0.474. The molecule has 0 saturated carbocycles. The molecule has 0 spiro atoms. The summed E-state index contributed by atoms with van der Waals surface area (Å²) in [5.41, 5.74) is 2.50. The molecule has 1 saturated heterocycles. The first-order chi connectivity index (χ1) is 9.24. The molecule has 0 amide bonds. The predicted octanol–water partition coefficient (Wildman–Crippen LogP) is 3.37. The van der Waals surface area contributed by atoms with Crippen LogP contribution in [0.15, 0.2) is 24.3 Å². The number of nitrogens with one attached hydrogen (secondary N) is 1. The highest BCUT2D eigenvalue weighted by atomic mass is 16.5. The van der Waals surface area contributed by atoms with Gasteiger partial charge in [-0.15, -0.1) is 0 Å². The summed E-state index contributed by atoms with van der Waals surface area (Å²) in [6, 6.07) is 9.24. The molecule has 1 aromatic carbocycles. The predicted molar refractivity (Wildman–Crippen MR) is 82.0 cm³/mol. The number of hydrogen-bond donors (Lipinski definition) is 1. The van der Waals surface area contributed by atoms with Crippen molar-refractivity contribution in [3.05, 3.63) is 24.3 Å². The fourth-order valence-corrected chi connectivity index (χ4v) is 2.69. The molecule has 1 aliphatic heterocycles. The molecular formula is C16H26N2O. The lowest BCUT2D eigenvalue weighted by molar-refractivity contribution is 0.183. The molecule has 3 heteroatoms. The quantitative estimate of drug-likeness (QED) is 0.850. The van der Waals surface area contributed by atoms with Gasteiger partial charge in [-0.1, -0.05) is 0 Å². The third kappa shape index (κ3) is 3.63. The van der Waals surface area contributed by atoms with Crippen molar-refractivity contribution in [1.82, 2.24) is 0 Å². The van der Waals surface area contributed by atoms with Crippen LogP contribution in [0.3, 0.4) is 0 Å². The van der Waals surface area contributed by atoms with Crippen LogP contribution in [0.2, 0.25) is 0 Å². The van der Waals surface area contributed by atoms with Crippen molar-refractivity contribution < 1.29 is 4.74 Å². The fraction of sp³-hybridized carbons (Fsp3) is 0.625. The molecule has 1 aromatic rings. The van der Waals surface area contributed by atoms with Crippen LogP contribution in [0.5, 0.6) is 0 Å². The summed E-state index contributed by atoms with van der Waals surface area (Å²) in [4.78, 5) is 2.36. The molecule has 2 rings (SSSR count). The molecule has 0 aliphatic carbocycles. The summed E-state index contributed by atoms with van der Waals surface area (Å²) in [5, 5.41) is 3.59. The smallest absolute Gasteiger partial charge is 0.0514 e. The Labute approximate surface area is 116 Å². The number of anilines is 2. The van der Waals surface area contributed by atoms with E-state index in [1.807, 2.05) is 0 Å². The lowest BCUT2D eigenvalue weighted by Crippen LogP contribution is -2.26.